The Morgan fingerprint density at radius 1 is 1.25 bits per heavy atom. The molecule has 0 saturated carbocycles. The van der Waals surface area contributed by atoms with E-state index in [9.17, 15) is 13.2 Å². The zero-order valence-corrected chi connectivity index (χ0v) is 12.3. The maximum Gasteiger partial charge on any atom is 0.272 e. The lowest BCUT2D eigenvalue weighted by atomic mass is 10.3. The van der Waals surface area contributed by atoms with E-state index < -0.39 is 10.0 Å². The fourth-order valence-electron chi connectivity index (χ4n) is 2.21. The number of nitrogens with zero attached hydrogens (tertiary/aromatic N) is 3. The molecule has 0 atom stereocenters. The van der Waals surface area contributed by atoms with E-state index in [2.05, 4.69) is 4.98 Å². The van der Waals surface area contributed by atoms with Gasteiger partial charge >= 0.3 is 0 Å². The first kappa shape index (κ1) is 14.9. The van der Waals surface area contributed by atoms with E-state index in [1.807, 2.05) is 6.92 Å². The molecule has 0 N–H and O–H groups in total. The van der Waals surface area contributed by atoms with Crippen LogP contribution in [0.4, 0.5) is 0 Å². The van der Waals surface area contributed by atoms with E-state index in [1.165, 1.54) is 4.31 Å². The van der Waals surface area contributed by atoms with Crippen LogP contribution >= 0.6 is 0 Å². The molecule has 0 aliphatic carbocycles. The number of aromatic nitrogens is 1. The second kappa shape index (κ2) is 6.32. The molecule has 1 aliphatic heterocycles. The first-order valence-electron chi connectivity index (χ1n) is 6.72. The maximum atomic E-state index is 12.2. The number of rotatable bonds is 4. The van der Waals surface area contributed by atoms with Gasteiger partial charge in [0.05, 0.1) is 5.75 Å². The molecule has 1 saturated heterocycles. The van der Waals surface area contributed by atoms with Crippen LogP contribution in [0.5, 0.6) is 0 Å². The second-order valence-corrected chi connectivity index (χ2v) is 6.81. The van der Waals surface area contributed by atoms with Crippen molar-refractivity contribution in [1.82, 2.24) is 14.2 Å². The largest absolute Gasteiger partial charge is 0.335 e. The molecule has 1 aromatic heterocycles. The summed E-state index contributed by atoms with van der Waals surface area (Å²) in [7, 11) is -3.17. The highest BCUT2D eigenvalue weighted by molar-refractivity contribution is 7.89. The highest BCUT2D eigenvalue weighted by Crippen LogP contribution is 2.11. The second-order valence-electron chi connectivity index (χ2n) is 4.72. The third-order valence-electron chi connectivity index (χ3n) is 3.27. The Labute approximate surface area is 119 Å². The number of amides is 1. The van der Waals surface area contributed by atoms with Crippen LogP contribution in [0, 0.1) is 0 Å². The first-order chi connectivity index (χ1) is 9.54. The average Bonchev–Trinajstić information content (AvgIpc) is 2.47. The van der Waals surface area contributed by atoms with Crippen molar-refractivity contribution in [2.75, 3.05) is 31.9 Å². The van der Waals surface area contributed by atoms with Crippen molar-refractivity contribution in [3.8, 4) is 0 Å². The van der Waals surface area contributed by atoms with Gasteiger partial charge in [0.25, 0.3) is 5.91 Å². The van der Waals surface area contributed by atoms with Gasteiger partial charge in [0.1, 0.15) is 5.69 Å². The van der Waals surface area contributed by atoms with Crippen molar-refractivity contribution in [2.24, 2.45) is 0 Å². The molecule has 1 aromatic rings. The molecule has 1 aliphatic rings. The summed E-state index contributed by atoms with van der Waals surface area (Å²) in [6.07, 6.45) is 2.19. The van der Waals surface area contributed by atoms with E-state index in [-0.39, 0.29) is 11.7 Å². The minimum absolute atomic E-state index is 0.141. The van der Waals surface area contributed by atoms with Crippen LogP contribution in [0.25, 0.3) is 0 Å². The third-order valence-corrected chi connectivity index (χ3v) is 5.34. The summed E-state index contributed by atoms with van der Waals surface area (Å²) >= 11 is 0. The van der Waals surface area contributed by atoms with Gasteiger partial charge in [-0.25, -0.2) is 8.42 Å². The summed E-state index contributed by atoms with van der Waals surface area (Å²) in [5.74, 6) is 0.0272. The zero-order chi connectivity index (χ0) is 14.6. The Hall–Kier alpha value is -1.47. The molecule has 2 rings (SSSR count). The monoisotopic (exact) mass is 297 g/mol. The molecule has 0 aromatic carbocycles. The molecule has 0 bridgehead atoms. The lowest BCUT2D eigenvalue weighted by molar-refractivity contribution is 0.0692. The average molecular weight is 297 g/mol. The molecule has 20 heavy (non-hydrogen) atoms. The van der Waals surface area contributed by atoms with Crippen LogP contribution in [-0.2, 0) is 10.0 Å². The summed E-state index contributed by atoms with van der Waals surface area (Å²) in [4.78, 5) is 17.9. The van der Waals surface area contributed by atoms with Gasteiger partial charge in [-0.2, -0.15) is 4.31 Å². The van der Waals surface area contributed by atoms with Crippen LogP contribution in [0.2, 0.25) is 0 Å². The smallest absolute Gasteiger partial charge is 0.272 e. The van der Waals surface area contributed by atoms with Crippen molar-refractivity contribution >= 4 is 15.9 Å². The molecular formula is C13H19N3O3S. The van der Waals surface area contributed by atoms with Gasteiger partial charge in [-0.3, -0.25) is 9.78 Å². The molecule has 0 unspecified atom stereocenters. The number of pyridine rings is 1. The Bertz CT molecular complexity index is 551. The summed E-state index contributed by atoms with van der Waals surface area (Å²) in [5, 5.41) is 0. The van der Waals surface area contributed by atoms with Crippen LogP contribution < -0.4 is 0 Å². The molecule has 110 valence electrons. The van der Waals surface area contributed by atoms with Crippen LogP contribution in [-0.4, -0.2) is 60.4 Å². The molecule has 6 nitrogen and oxygen atoms in total. The standard InChI is InChI=1S/C13H19N3O3S/c1-2-11-20(18,19)16-9-7-15(8-10-16)13(17)12-5-3-4-6-14-12/h3-6H,2,7-11H2,1H3. The van der Waals surface area contributed by atoms with Crippen LogP contribution in [0.15, 0.2) is 24.4 Å². The van der Waals surface area contributed by atoms with E-state index in [0.717, 1.165) is 0 Å². The Morgan fingerprint density at radius 3 is 2.50 bits per heavy atom. The van der Waals surface area contributed by atoms with Crippen molar-refractivity contribution < 1.29 is 13.2 Å². The summed E-state index contributed by atoms with van der Waals surface area (Å²) in [5.41, 5.74) is 0.400. The molecular weight excluding hydrogens is 278 g/mol. The maximum absolute atomic E-state index is 12.2. The van der Waals surface area contributed by atoms with Gasteiger partial charge in [-0.1, -0.05) is 13.0 Å². The molecule has 7 heteroatoms. The van der Waals surface area contributed by atoms with Crippen LogP contribution in [0.3, 0.4) is 0 Å². The number of hydrogen-bond donors (Lipinski definition) is 0. The van der Waals surface area contributed by atoms with Gasteiger partial charge in [0, 0.05) is 32.4 Å². The van der Waals surface area contributed by atoms with Crippen molar-refractivity contribution in [3.63, 3.8) is 0 Å². The number of carbonyl (C=O) groups excluding carboxylic acids is 1. The van der Waals surface area contributed by atoms with Crippen molar-refractivity contribution in [2.45, 2.75) is 13.3 Å². The van der Waals surface area contributed by atoms with Crippen LogP contribution in [0.1, 0.15) is 23.8 Å². The van der Waals surface area contributed by atoms with E-state index in [4.69, 9.17) is 0 Å². The van der Waals surface area contributed by atoms with Gasteiger partial charge in [0.2, 0.25) is 10.0 Å². The fraction of sp³-hybridized carbons (Fsp3) is 0.538. The van der Waals surface area contributed by atoms with Gasteiger partial charge in [-0.05, 0) is 18.6 Å². The first-order valence-corrected chi connectivity index (χ1v) is 8.33. The quantitative estimate of drug-likeness (QED) is 0.815. The minimum Gasteiger partial charge on any atom is -0.335 e. The Morgan fingerprint density at radius 2 is 1.95 bits per heavy atom. The number of carbonyl (C=O) groups is 1. The minimum atomic E-state index is -3.17. The summed E-state index contributed by atoms with van der Waals surface area (Å²) in [6.45, 7) is 3.40. The van der Waals surface area contributed by atoms with Crippen molar-refractivity contribution in [3.05, 3.63) is 30.1 Å². The lowest BCUT2D eigenvalue weighted by Crippen LogP contribution is -2.51. The number of hydrogen-bond acceptors (Lipinski definition) is 4. The molecule has 1 fully saturated rings. The molecule has 1 amide bonds. The predicted molar refractivity (Wildman–Crippen MR) is 75.8 cm³/mol. The Kier molecular flexibility index (Phi) is 4.72. The Balaban J connectivity index is 1.97. The van der Waals surface area contributed by atoms with Gasteiger partial charge in [0.15, 0.2) is 0 Å². The topological polar surface area (TPSA) is 70.6 Å². The summed E-state index contributed by atoms with van der Waals surface area (Å²) in [6, 6.07) is 5.19. The highest BCUT2D eigenvalue weighted by atomic mass is 32.2. The summed E-state index contributed by atoms with van der Waals surface area (Å²) < 4.78 is 25.4. The SMILES string of the molecule is CCCS(=O)(=O)N1CCN(C(=O)c2ccccn2)CC1. The van der Waals surface area contributed by atoms with Gasteiger partial charge < -0.3 is 4.90 Å². The number of piperazine rings is 1. The fourth-order valence-corrected chi connectivity index (χ4v) is 3.70. The van der Waals surface area contributed by atoms with E-state index in [1.54, 1.807) is 29.3 Å². The molecule has 2 heterocycles. The number of sulfonamides is 1. The predicted octanol–water partition coefficient (Wildman–Crippen LogP) is 0.579. The lowest BCUT2D eigenvalue weighted by Gasteiger charge is -2.33. The van der Waals surface area contributed by atoms with E-state index in [0.29, 0.717) is 38.3 Å². The normalized spacial score (nSPS) is 17.1. The third kappa shape index (κ3) is 3.34. The highest BCUT2D eigenvalue weighted by Gasteiger charge is 2.28. The molecule has 0 spiro atoms. The van der Waals surface area contributed by atoms with Gasteiger partial charge in [-0.15, -0.1) is 0 Å². The van der Waals surface area contributed by atoms with E-state index >= 15 is 0 Å². The van der Waals surface area contributed by atoms with Crippen molar-refractivity contribution in [1.29, 1.82) is 0 Å². The zero-order valence-electron chi connectivity index (χ0n) is 11.5. The molecule has 0 radical (unpaired) electrons.